The van der Waals surface area contributed by atoms with E-state index >= 15 is 0 Å². The van der Waals surface area contributed by atoms with Gasteiger partial charge >= 0.3 is 0 Å². The van der Waals surface area contributed by atoms with Gasteiger partial charge in [0.2, 0.25) is 0 Å². The van der Waals surface area contributed by atoms with Crippen LogP contribution in [0.3, 0.4) is 0 Å². The number of carbonyl (C=O) groups is 1. The summed E-state index contributed by atoms with van der Waals surface area (Å²) in [5.41, 5.74) is 0.900. The Morgan fingerprint density at radius 1 is 1.31 bits per heavy atom. The molecule has 0 aliphatic heterocycles. The number of ether oxygens (including phenoxy) is 1. The topological polar surface area (TPSA) is 49.4 Å². The molecule has 0 saturated carbocycles. The number of rotatable bonds is 7. The van der Waals surface area contributed by atoms with Crippen LogP contribution in [0.1, 0.15) is 42.1 Å². The maximum Gasteiger partial charge on any atom is 0.0723 e. The number of benzene rings is 1. The highest BCUT2D eigenvalue weighted by Gasteiger charge is 2.01. The third-order valence-corrected chi connectivity index (χ3v) is 2.39. The van der Waals surface area contributed by atoms with Crippen LogP contribution >= 0.6 is 0 Å². The van der Waals surface area contributed by atoms with E-state index in [4.69, 9.17) is 4.74 Å². The fraction of sp³-hybridized carbons (Fsp3) is 0.462. The van der Waals surface area contributed by atoms with Gasteiger partial charge < -0.3 is 14.6 Å². The van der Waals surface area contributed by atoms with Crippen LogP contribution in [-0.2, 0) is 11.3 Å². The summed E-state index contributed by atoms with van der Waals surface area (Å²) in [6.45, 7) is 3.15. The zero-order valence-electron chi connectivity index (χ0n) is 9.57. The molecule has 0 saturated heterocycles. The molecule has 0 radical (unpaired) electrons. The first-order chi connectivity index (χ1) is 7.75. The number of unbranched alkanes of at least 4 members (excludes halogenated alkanes) is 2. The van der Waals surface area contributed by atoms with Crippen molar-refractivity contribution in [1.82, 2.24) is 0 Å². The molecule has 1 aromatic carbocycles. The predicted molar refractivity (Wildman–Crippen MR) is 60.0 cm³/mol. The first kappa shape index (κ1) is 12.7. The molecular formula is C13H17O3-. The smallest absolute Gasteiger partial charge is 0.0723 e. The molecule has 0 heterocycles. The summed E-state index contributed by atoms with van der Waals surface area (Å²) in [6.07, 6.45) is 3.31. The van der Waals surface area contributed by atoms with Crippen molar-refractivity contribution >= 4 is 5.97 Å². The minimum Gasteiger partial charge on any atom is -0.545 e. The van der Waals surface area contributed by atoms with Gasteiger partial charge in [0.1, 0.15) is 0 Å². The normalized spacial score (nSPS) is 10.3. The number of hydrogen-bond donors (Lipinski definition) is 0. The van der Waals surface area contributed by atoms with Gasteiger partial charge in [0.05, 0.1) is 12.6 Å². The number of hydrogen-bond acceptors (Lipinski definition) is 3. The Balaban J connectivity index is 2.44. The van der Waals surface area contributed by atoms with Crippen molar-refractivity contribution < 1.29 is 14.6 Å². The maximum atomic E-state index is 10.8. The standard InChI is InChI=1S/C13H18O3/c1-2-3-6-9-16-10-11-7-4-5-8-12(11)13(14)15/h4-5,7-8H,2-3,6,9-10H2,1H3,(H,14,15)/p-1. The van der Waals surface area contributed by atoms with Gasteiger partial charge in [0, 0.05) is 12.2 Å². The molecule has 0 unspecified atom stereocenters. The predicted octanol–water partition coefficient (Wildman–Crippen LogP) is 1.76. The van der Waals surface area contributed by atoms with Crippen molar-refractivity contribution in [3.05, 3.63) is 35.4 Å². The molecule has 0 spiro atoms. The first-order valence-electron chi connectivity index (χ1n) is 5.62. The van der Waals surface area contributed by atoms with E-state index in [-0.39, 0.29) is 5.56 Å². The molecule has 0 amide bonds. The molecule has 1 aromatic rings. The molecular weight excluding hydrogens is 204 g/mol. The molecule has 0 aliphatic rings. The van der Waals surface area contributed by atoms with Crippen molar-refractivity contribution in [2.75, 3.05) is 6.61 Å². The molecule has 0 aromatic heterocycles. The Labute approximate surface area is 96.1 Å². The number of carboxylic acids is 1. The van der Waals surface area contributed by atoms with Gasteiger partial charge in [-0.3, -0.25) is 0 Å². The van der Waals surface area contributed by atoms with Gasteiger partial charge in [-0.2, -0.15) is 0 Å². The maximum absolute atomic E-state index is 10.8. The molecule has 3 nitrogen and oxygen atoms in total. The van der Waals surface area contributed by atoms with Crippen LogP contribution in [0.5, 0.6) is 0 Å². The molecule has 3 heteroatoms. The summed E-state index contributed by atoms with van der Waals surface area (Å²) >= 11 is 0. The fourth-order valence-electron chi connectivity index (χ4n) is 1.48. The Morgan fingerprint density at radius 3 is 2.75 bits per heavy atom. The van der Waals surface area contributed by atoms with Crippen molar-refractivity contribution in [2.24, 2.45) is 0 Å². The summed E-state index contributed by atoms with van der Waals surface area (Å²) < 4.78 is 5.42. The lowest BCUT2D eigenvalue weighted by atomic mass is 10.1. The van der Waals surface area contributed by atoms with Crippen LogP contribution in [0, 0.1) is 0 Å². The molecule has 88 valence electrons. The largest absolute Gasteiger partial charge is 0.545 e. The molecule has 16 heavy (non-hydrogen) atoms. The molecule has 0 bridgehead atoms. The van der Waals surface area contributed by atoms with E-state index < -0.39 is 5.97 Å². The van der Waals surface area contributed by atoms with E-state index in [1.54, 1.807) is 24.3 Å². The second-order valence-corrected chi connectivity index (χ2v) is 3.70. The second-order valence-electron chi connectivity index (χ2n) is 3.70. The van der Waals surface area contributed by atoms with Crippen molar-refractivity contribution in [3.8, 4) is 0 Å². The van der Waals surface area contributed by atoms with Crippen molar-refractivity contribution in [3.63, 3.8) is 0 Å². The molecule has 0 N–H and O–H groups in total. The summed E-state index contributed by atoms with van der Waals surface area (Å²) in [5, 5.41) is 10.8. The zero-order chi connectivity index (χ0) is 11.8. The van der Waals surface area contributed by atoms with Crippen molar-refractivity contribution in [2.45, 2.75) is 32.8 Å². The van der Waals surface area contributed by atoms with E-state index in [2.05, 4.69) is 6.92 Å². The SMILES string of the molecule is CCCCCOCc1ccccc1C(=O)[O-]. The highest BCUT2D eigenvalue weighted by atomic mass is 16.5. The molecule has 1 rings (SSSR count). The Hall–Kier alpha value is -1.35. The Morgan fingerprint density at radius 2 is 2.06 bits per heavy atom. The van der Waals surface area contributed by atoms with E-state index in [1.807, 2.05) is 0 Å². The monoisotopic (exact) mass is 221 g/mol. The summed E-state index contributed by atoms with van der Waals surface area (Å²) in [4.78, 5) is 10.8. The highest BCUT2D eigenvalue weighted by molar-refractivity contribution is 5.87. The van der Waals surface area contributed by atoms with Gasteiger partial charge in [0.15, 0.2) is 0 Å². The van der Waals surface area contributed by atoms with Crippen LogP contribution in [-0.4, -0.2) is 12.6 Å². The molecule has 0 aliphatic carbocycles. The third kappa shape index (κ3) is 4.03. The number of carboxylic acid groups (broad SMARTS) is 1. The minimum absolute atomic E-state index is 0.220. The number of carbonyl (C=O) groups excluding carboxylic acids is 1. The van der Waals surface area contributed by atoms with Crippen molar-refractivity contribution in [1.29, 1.82) is 0 Å². The quantitative estimate of drug-likeness (QED) is 0.659. The average molecular weight is 221 g/mol. The zero-order valence-corrected chi connectivity index (χ0v) is 9.57. The van der Waals surface area contributed by atoms with Gasteiger partial charge in [-0.05, 0) is 12.0 Å². The van der Waals surface area contributed by atoms with Crippen LogP contribution in [0.25, 0.3) is 0 Å². The van der Waals surface area contributed by atoms with Crippen LogP contribution in [0.2, 0.25) is 0 Å². The van der Waals surface area contributed by atoms with E-state index in [1.165, 1.54) is 0 Å². The van der Waals surface area contributed by atoms with Gasteiger partial charge in [-0.25, -0.2) is 0 Å². The molecule has 0 atom stereocenters. The summed E-state index contributed by atoms with van der Waals surface area (Å²) in [6, 6.07) is 6.79. The van der Waals surface area contributed by atoms with E-state index in [9.17, 15) is 9.90 Å². The first-order valence-corrected chi connectivity index (χ1v) is 5.62. The highest BCUT2D eigenvalue weighted by Crippen LogP contribution is 2.09. The molecule has 0 fully saturated rings. The van der Waals surface area contributed by atoms with Crippen LogP contribution in [0.15, 0.2) is 24.3 Å². The lowest BCUT2D eigenvalue weighted by Crippen LogP contribution is -2.23. The van der Waals surface area contributed by atoms with Gasteiger partial charge in [-0.15, -0.1) is 0 Å². The number of aromatic carboxylic acids is 1. The second kappa shape index (κ2) is 7.01. The van der Waals surface area contributed by atoms with Gasteiger partial charge in [-0.1, -0.05) is 44.0 Å². The van der Waals surface area contributed by atoms with Crippen LogP contribution < -0.4 is 5.11 Å². The lowest BCUT2D eigenvalue weighted by molar-refractivity contribution is -0.255. The van der Waals surface area contributed by atoms with Crippen LogP contribution in [0.4, 0.5) is 0 Å². The average Bonchev–Trinajstić information content (AvgIpc) is 2.29. The minimum atomic E-state index is -1.15. The fourth-order valence-corrected chi connectivity index (χ4v) is 1.48. The Kier molecular flexibility index (Phi) is 5.57. The lowest BCUT2D eigenvalue weighted by Gasteiger charge is -2.10. The Bertz CT molecular complexity index is 334. The third-order valence-electron chi connectivity index (χ3n) is 2.39. The van der Waals surface area contributed by atoms with E-state index in [0.717, 1.165) is 19.3 Å². The van der Waals surface area contributed by atoms with E-state index in [0.29, 0.717) is 18.8 Å². The summed E-state index contributed by atoms with van der Waals surface area (Å²) in [5.74, 6) is -1.15. The van der Waals surface area contributed by atoms with Gasteiger partial charge in [0.25, 0.3) is 0 Å². The summed E-state index contributed by atoms with van der Waals surface area (Å²) in [7, 11) is 0.